The minimum atomic E-state index is -0.0341. The van der Waals surface area contributed by atoms with Gasteiger partial charge in [-0.15, -0.1) is 0 Å². The molecule has 2 fully saturated rings. The lowest BCUT2D eigenvalue weighted by molar-refractivity contribution is -0.0368. The Bertz CT molecular complexity index is 586. The lowest BCUT2D eigenvalue weighted by Gasteiger charge is -2.33. The number of aromatic nitrogens is 2. The fourth-order valence-corrected chi connectivity index (χ4v) is 3.52. The molecule has 3 rings (SSSR count). The van der Waals surface area contributed by atoms with Gasteiger partial charge in [0.15, 0.2) is 0 Å². The first-order chi connectivity index (χ1) is 10.4. The van der Waals surface area contributed by atoms with Crippen LogP contribution >= 0.6 is 11.6 Å². The van der Waals surface area contributed by atoms with Gasteiger partial charge in [-0.2, -0.15) is 5.10 Å². The highest BCUT2D eigenvalue weighted by molar-refractivity contribution is 6.33. The van der Waals surface area contributed by atoms with Gasteiger partial charge in [0, 0.05) is 26.7 Å². The second-order valence-electron chi connectivity index (χ2n) is 6.50. The molecule has 122 valence electrons. The van der Waals surface area contributed by atoms with Gasteiger partial charge in [-0.3, -0.25) is 14.4 Å². The number of carbonyl (C=O) groups excluding carboxylic acids is 1. The quantitative estimate of drug-likeness (QED) is 0.823. The Morgan fingerprint density at radius 3 is 2.73 bits per heavy atom. The molecule has 0 aliphatic carbocycles. The summed E-state index contributed by atoms with van der Waals surface area (Å²) in [5.74, 6) is 0.120. The summed E-state index contributed by atoms with van der Waals surface area (Å²) in [5, 5.41) is 4.82. The highest BCUT2D eigenvalue weighted by Crippen LogP contribution is 2.29. The van der Waals surface area contributed by atoms with Crippen LogP contribution in [0.1, 0.15) is 35.8 Å². The van der Waals surface area contributed by atoms with Gasteiger partial charge in [-0.05, 0) is 13.0 Å². The summed E-state index contributed by atoms with van der Waals surface area (Å²) in [6, 6.07) is 0.274. The number of fused-ring (bicyclic) bond motifs is 1. The third-order valence-electron chi connectivity index (χ3n) is 4.63. The number of ether oxygens (including phenoxy) is 1. The number of halogens is 1. The maximum atomic E-state index is 13.0. The minimum absolute atomic E-state index is 0.0341. The Hall–Kier alpha value is -1.11. The Kier molecular flexibility index (Phi) is 4.18. The third kappa shape index (κ3) is 2.53. The highest BCUT2D eigenvalue weighted by atomic mass is 35.5. The molecule has 1 amide bonds. The van der Waals surface area contributed by atoms with Crippen LogP contribution in [0.4, 0.5) is 0 Å². The molecule has 3 heterocycles. The van der Waals surface area contributed by atoms with Crippen LogP contribution in [0.2, 0.25) is 5.15 Å². The van der Waals surface area contributed by atoms with Crippen molar-refractivity contribution in [2.75, 3.05) is 33.3 Å². The van der Waals surface area contributed by atoms with E-state index in [4.69, 9.17) is 16.3 Å². The second-order valence-corrected chi connectivity index (χ2v) is 6.85. The molecule has 22 heavy (non-hydrogen) atoms. The summed E-state index contributed by atoms with van der Waals surface area (Å²) in [7, 11) is 3.86. The van der Waals surface area contributed by atoms with Crippen LogP contribution in [0.5, 0.6) is 0 Å². The molecule has 0 saturated carbocycles. The average molecular weight is 327 g/mol. The molecule has 0 N–H and O–H groups in total. The molecule has 0 bridgehead atoms. The Labute approximate surface area is 136 Å². The normalized spacial score (nSPS) is 25.8. The predicted molar refractivity (Wildman–Crippen MR) is 84.4 cm³/mol. The molecular formula is C15H23ClN4O2. The molecule has 1 aromatic rings. The van der Waals surface area contributed by atoms with Gasteiger partial charge in [0.25, 0.3) is 5.91 Å². The van der Waals surface area contributed by atoms with E-state index in [1.54, 1.807) is 11.7 Å². The van der Waals surface area contributed by atoms with E-state index in [2.05, 4.69) is 17.0 Å². The number of likely N-dealkylation sites (tertiary alicyclic amines) is 1. The van der Waals surface area contributed by atoms with Crippen LogP contribution in [-0.2, 0) is 11.8 Å². The molecule has 2 aliphatic heterocycles. The van der Waals surface area contributed by atoms with Gasteiger partial charge in [-0.1, -0.05) is 25.4 Å². The van der Waals surface area contributed by atoms with Crippen molar-refractivity contribution in [1.82, 2.24) is 19.6 Å². The van der Waals surface area contributed by atoms with E-state index in [0.29, 0.717) is 23.8 Å². The maximum Gasteiger partial charge on any atom is 0.259 e. The van der Waals surface area contributed by atoms with Crippen molar-refractivity contribution < 1.29 is 9.53 Å². The number of likely N-dealkylation sites (N-methyl/N-ethyl adjacent to an activating group) is 1. The molecule has 0 spiro atoms. The Balaban J connectivity index is 1.86. The van der Waals surface area contributed by atoms with Gasteiger partial charge < -0.3 is 9.64 Å². The Morgan fingerprint density at radius 1 is 1.36 bits per heavy atom. The van der Waals surface area contributed by atoms with Crippen LogP contribution in [0.25, 0.3) is 0 Å². The van der Waals surface area contributed by atoms with E-state index in [9.17, 15) is 4.79 Å². The van der Waals surface area contributed by atoms with Crippen molar-refractivity contribution in [1.29, 1.82) is 0 Å². The topological polar surface area (TPSA) is 50.6 Å². The zero-order valence-electron chi connectivity index (χ0n) is 13.5. The summed E-state index contributed by atoms with van der Waals surface area (Å²) in [6.07, 6.45) is 0.0978. The van der Waals surface area contributed by atoms with Crippen molar-refractivity contribution in [2.45, 2.75) is 31.9 Å². The molecule has 0 aromatic carbocycles. The van der Waals surface area contributed by atoms with Crippen molar-refractivity contribution in [3.63, 3.8) is 0 Å². The van der Waals surface area contributed by atoms with Crippen molar-refractivity contribution in [2.24, 2.45) is 7.05 Å². The minimum Gasteiger partial charge on any atom is -0.373 e. The molecule has 6 nitrogen and oxygen atoms in total. The first-order valence-corrected chi connectivity index (χ1v) is 8.11. The molecule has 0 radical (unpaired) electrons. The number of amides is 1. The van der Waals surface area contributed by atoms with E-state index in [1.807, 2.05) is 18.7 Å². The average Bonchev–Trinajstić information content (AvgIpc) is 3.02. The lowest BCUT2D eigenvalue weighted by atomic mass is 10.1. The Morgan fingerprint density at radius 2 is 2.09 bits per heavy atom. The predicted octanol–water partition coefficient (Wildman–Crippen LogP) is 1.35. The van der Waals surface area contributed by atoms with Crippen LogP contribution in [0.3, 0.4) is 0 Å². The van der Waals surface area contributed by atoms with Crippen molar-refractivity contribution >= 4 is 17.5 Å². The van der Waals surface area contributed by atoms with Gasteiger partial charge in [-0.25, -0.2) is 0 Å². The van der Waals surface area contributed by atoms with Crippen LogP contribution < -0.4 is 0 Å². The van der Waals surface area contributed by atoms with E-state index in [0.717, 1.165) is 18.8 Å². The smallest absolute Gasteiger partial charge is 0.259 e. The van der Waals surface area contributed by atoms with Crippen molar-refractivity contribution in [3.05, 3.63) is 16.4 Å². The molecule has 2 atom stereocenters. The SMILES string of the molecule is CC(C)c1nn(C)c(Cl)c1C(=O)N1C[C@H]2OCCN(C)[C@H]2C1. The third-order valence-corrected chi connectivity index (χ3v) is 5.06. The van der Waals surface area contributed by atoms with Crippen LogP contribution in [0.15, 0.2) is 0 Å². The number of nitrogens with zero attached hydrogens (tertiary/aromatic N) is 4. The molecule has 2 saturated heterocycles. The van der Waals surface area contributed by atoms with Gasteiger partial charge >= 0.3 is 0 Å². The van der Waals surface area contributed by atoms with E-state index < -0.39 is 0 Å². The molecule has 7 heteroatoms. The summed E-state index contributed by atoms with van der Waals surface area (Å²) in [4.78, 5) is 17.1. The molecule has 0 unspecified atom stereocenters. The fourth-order valence-electron chi connectivity index (χ4n) is 3.31. The summed E-state index contributed by atoms with van der Waals surface area (Å²) < 4.78 is 7.39. The number of hydrogen-bond acceptors (Lipinski definition) is 4. The van der Waals surface area contributed by atoms with Crippen LogP contribution in [0, 0.1) is 0 Å². The summed E-state index contributed by atoms with van der Waals surface area (Å²) in [6.45, 7) is 6.99. The molecule has 1 aromatic heterocycles. The highest BCUT2D eigenvalue weighted by Gasteiger charge is 2.41. The van der Waals surface area contributed by atoms with E-state index in [1.165, 1.54) is 0 Å². The molecule has 2 aliphatic rings. The van der Waals surface area contributed by atoms with Crippen molar-refractivity contribution in [3.8, 4) is 0 Å². The number of hydrogen-bond donors (Lipinski definition) is 0. The van der Waals surface area contributed by atoms with Gasteiger partial charge in [0.05, 0.1) is 30.0 Å². The van der Waals surface area contributed by atoms with Gasteiger partial charge in [0.1, 0.15) is 5.15 Å². The standard InChI is InChI=1S/C15H23ClN4O2/c1-9(2)13-12(14(16)19(4)17-13)15(21)20-7-10-11(8-20)22-6-5-18(10)3/h9-11H,5-8H2,1-4H3/t10-,11+/m0/s1. The van der Waals surface area contributed by atoms with Gasteiger partial charge in [0.2, 0.25) is 0 Å². The largest absolute Gasteiger partial charge is 0.373 e. The monoisotopic (exact) mass is 326 g/mol. The summed E-state index contributed by atoms with van der Waals surface area (Å²) in [5.41, 5.74) is 1.31. The first-order valence-electron chi connectivity index (χ1n) is 7.73. The number of aryl methyl sites for hydroxylation is 1. The zero-order valence-corrected chi connectivity index (χ0v) is 14.3. The maximum absolute atomic E-state index is 13.0. The molecular weight excluding hydrogens is 304 g/mol. The number of rotatable bonds is 2. The lowest BCUT2D eigenvalue weighted by Crippen LogP contribution is -2.48. The first kappa shape index (κ1) is 15.8. The van der Waals surface area contributed by atoms with Crippen LogP contribution in [-0.4, -0.2) is 70.9 Å². The number of morpholine rings is 1. The zero-order chi connectivity index (χ0) is 16.0. The fraction of sp³-hybridized carbons (Fsp3) is 0.733. The summed E-state index contributed by atoms with van der Waals surface area (Å²) >= 11 is 6.32. The number of carbonyl (C=O) groups is 1. The van der Waals surface area contributed by atoms with E-state index >= 15 is 0 Å². The second kappa shape index (κ2) is 5.83. The van der Waals surface area contributed by atoms with E-state index in [-0.39, 0.29) is 24.0 Å².